The average molecular weight is 271 g/mol. The Morgan fingerprint density at radius 1 is 1.30 bits per heavy atom. The molecule has 0 radical (unpaired) electrons. The Kier molecular flexibility index (Phi) is 3.30. The Balaban J connectivity index is 1.69. The Bertz CT molecular complexity index is 564. The first kappa shape index (κ1) is 12.9. The number of hydrogen-bond donors (Lipinski definition) is 1. The van der Waals surface area contributed by atoms with Crippen LogP contribution < -0.4 is 0 Å². The molecule has 0 saturated carbocycles. The molecule has 3 rings (SSSR count). The van der Waals surface area contributed by atoms with Gasteiger partial charge in [0.25, 0.3) is 0 Å². The summed E-state index contributed by atoms with van der Waals surface area (Å²) in [5, 5.41) is 9.13. The minimum Gasteiger partial charge on any atom is -0.478 e. The van der Waals surface area contributed by atoms with Crippen molar-refractivity contribution in [3.05, 3.63) is 47.5 Å². The van der Waals surface area contributed by atoms with E-state index < -0.39 is 11.9 Å². The monoisotopic (exact) mass is 271 g/mol. The van der Waals surface area contributed by atoms with Crippen LogP contribution in [0.15, 0.2) is 42.0 Å². The average Bonchev–Trinajstić information content (AvgIpc) is 2.70. The van der Waals surface area contributed by atoms with Crippen LogP contribution in [0.3, 0.4) is 0 Å². The molecule has 0 aromatic heterocycles. The van der Waals surface area contributed by atoms with Crippen molar-refractivity contribution in [1.82, 2.24) is 4.90 Å². The number of carboxylic acids is 1. The molecule has 4 heteroatoms. The third kappa shape index (κ3) is 2.22. The molecule has 1 N–H and O–H groups in total. The third-order valence-electron chi connectivity index (χ3n) is 4.25. The van der Waals surface area contributed by atoms with E-state index in [0.717, 1.165) is 6.42 Å². The standard InChI is InChI=1S/C16H17NO3/c18-15-14-10-12(6-7-13(14)16(19)20)17(15)9-8-11-4-2-1-3-5-11/h1-5,7,12,14H,6,8-10H2,(H,19,20). The third-order valence-corrected chi connectivity index (χ3v) is 4.25. The summed E-state index contributed by atoms with van der Waals surface area (Å²) >= 11 is 0. The van der Waals surface area contributed by atoms with E-state index in [2.05, 4.69) is 0 Å². The van der Waals surface area contributed by atoms with Crippen LogP contribution in [0.1, 0.15) is 18.4 Å². The maximum Gasteiger partial charge on any atom is 0.332 e. The second-order valence-electron chi connectivity index (χ2n) is 5.41. The van der Waals surface area contributed by atoms with Gasteiger partial charge in [0.15, 0.2) is 0 Å². The molecule has 1 amide bonds. The number of amides is 1. The van der Waals surface area contributed by atoms with Gasteiger partial charge in [0.1, 0.15) is 0 Å². The molecule has 1 aliphatic carbocycles. The van der Waals surface area contributed by atoms with Crippen LogP contribution in [0.2, 0.25) is 0 Å². The second-order valence-corrected chi connectivity index (χ2v) is 5.41. The van der Waals surface area contributed by atoms with E-state index in [1.54, 1.807) is 6.08 Å². The molecule has 1 aromatic carbocycles. The highest BCUT2D eigenvalue weighted by Gasteiger charge is 2.44. The second kappa shape index (κ2) is 5.12. The van der Waals surface area contributed by atoms with Crippen molar-refractivity contribution in [3.63, 3.8) is 0 Å². The summed E-state index contributed by atoms with van der Waals surface area (Å²) < 4.78 is 0. The van der Waals surface area contributed by atoms with E-state index in [9.17, 15) is 9.59 Å². The zero-order valence-electron chi connectivity index (χ0n) is 11.2. The van der Waals surface area contributed by atoms with E-state index in [1.807, 2.05) is 35.2 Å². The molecular formula is C16H17NO3. The van der Waals surface area contributed by atoms with Crippen LogP contribution in [-0.2, 0) is 16.0 Å². The zero-order chi connectivity index (χ0) is 14.1. The lowest BCUT2D eigenvalue weighted by Crippen LogP contribution is -2.34. The molecule has 104 valence electrons. The highest BCUT2D eigenvalue weighted by atomic mass is 16.4. The highest BCUT2D eigenvalue weighted by Crippen LogP contribution is 2.36. The van der Waals surface area contributed by atoms with Crippen LogP contribution >= 0.6 is 0 Å². The van der Waals surface area contributed by atoms with Crippen molar-refractivity contribution in [2.24, 2.45) is 5.92 Å². The first-order chi connectivity index (χ1) is 9.66. The number of hydrogen-bond acceptors (Lipinski definition) is 2. The molecule has 1 saturated heterocycles. The van der Waals surface area contributed by atoms with Crippen molar-refractivity contribution < 1.29 is 14.7 Å². The number of nitrogens with zero attached hydrogens (tertiary/aromatic N) is 1. The summed E-state index contributed by atoms with van der Waals surface area (Å²) in [5.41, 5.74) is 1.49. The Morgan fingerprint density at radius 2 is 2.05 bits per heavy atom. The molecule has 0 spiro atoms. The van der Waals surface area contributed by atoms with Gasteiger partial charge in [-0.1, -0.05) is 36.4 Å². The van der Waals surface area contributed by atoms with Crippen LogP contribution in [0.5, 0.6) is 0 Å². The topological polar surface area (TPSA) is 57.6 Å². The van der Waals surface area contributed by atoms with E-state index in [1.165, 1.54) is 5.56 Å². The first-order valence-electron chi connectivity index (χ1n) is 6.94. The number of carboxylic acid groups (broad SMARTS) is 1. The number of aliphatic carboxylic acids is 1. The SMILES string of the molecule is O=C(O)C1=CCC2CC1C(=O)N2CCc1ccccc1. The fraction of sp³-hybridized carbons (Fsp3) is 0.375. The van der Waals surface area contributed by atoms with Gasteiger partial charge in [0.05, 0.1) is 5.92 Å². The van der Waals surface area contributed by atoms with Crippen molar-refractivity contribution in [1.29, 1.82) is 0 Å². The van der Waals surface area contributed by atoms with Gasteiger partial charge in [-0.2, -0.15) is 0 Å². The summed E-state index contributed by atoms with van der Waals surface area (Å²) in [7, 11) is 0. The molecule has 20 heavy (non-hydrogen) atoms. The molecule has 1 heterocycles. The summed E-state index contributed by atoms with van der Waals surface area (Å²) in [4.78, 5) is 25.3. The molecule has 2 atom stereocenters. The predicted octanol–water partition coefficient (Wildman–Crippen LogP) is 1.86. The van der Waals surface area contributed by atoms with Gasteiger partial charge in [0, 0.05) is 18.2 Å². The Morgan fingerprint density at radius 3 is 2.75 bits per heavy atom. The maximum atomic E-state index is 12.3. The van der Waals surface area contributed by atoms with Crippen LogP contribution in [0.4, 0.5) is 0 Å². The summed E-state index contributed by atoms with van der Waals surface area (Å²) in [6, 6.07) is 10.2. The molecule has 1 aliphatic heterocycles. The highest BCUT2D eigenvalue weighted by molar-refractivity contribution is 5.98. The van der Waals surface area contributed by atoms with Crippen molar-refractivity contribution in [2.45, 2.75) is 25.3 Å². The maximum absolute atomic E-state index is 12.3. The van der Waals surface area contributed by atoms with E-state index in [-0.39, 0.29) is 17.5 Å². The largest absolute Gasteiger partial charge is 0.478 e. The van der Waals surface area contributed by atoms with Gasteiger partial charge in [-0.3, -0.25) is 4.79 Å². The van der Waals surface area contributed by atoms with E-state index >= 15 is 0 Å². The Hall–Kier alpha value is -2.10. The molecular weight excluding hydrogens is 254 g/mol. The van der Waals surface area contributed by atoms with Gasteiger partial charge in [-0.25, -0.2) is 4.79 Å². The molecule has 4 nitrogen and oxygen atoms in total. The quantitative estimate of drug-likeness (QED) is 0.909. The number of likely N-dealkylation sites (tertiary alicyclic amines) is 1. The summed E-state index contributed by atoms with van der Waals surface area (Å²) in [6.07, 6.45) is 3.87. The minimum absolute atomic E-state index is 0.0166. The first-order valence-corrected chi connectivity index (χ1v) is 6.94. The molecule has 2 aliphatic rings. The Labute approximate surface area is 117 Å². The number of rotatable bonds is 4. The van der Waals surface area contributed by atoms with Crippen molar-refractivity contribution in [2.75, 3.05) is 6.54 Å². The van der Waals surface area contributed by atoms with Crippen molar-refractivity contribution >= 4 is 11.9 Å². The van der Waals surface area contributed by atoms with Crippen LogP contribution in [0, 0.1) is 5.92 Å². The number of fused-ring (bicyclic) bond motifs is 2. The lowest BCUT2D eigenvalue weighted by molar-refractivity contribution is -0.136. The molecule has 1 aromatic rings. The normalized spacial score (nSPS) is 24.7. The van der Waals surface area contributed by atoms with E-state index in [0.29, 0.717) is 19.4 Å². The smallest absolute Gasteiger partial charge is 0.332 e. The zero-order valence-corrected chi connectivity index (χ0v) is 11.2. The van der Waals surface area contributed by atoms with Gasteiger partial charge in [-0.05, 0) is 24.8 Å². The van der Waals surface area contributed by atoms with Gasteiger partial charge >= 0.3 is 5.97 Å². The minimum atomic E-state index is -0.952. The van der Waals surface area contributed by atoms with Crippen molar-refractivity contribution in [3.8, 4) is 0 Å². The molecule has 2 unspecified atom stereocenters. The lowest BCUT2D eigenvalue weighted by Gasteiger charge is -2.23. The van der Waals surface area contributed by atoms with E-state index in [4.69, 9.17) is 5.11 Å². The van der Waals surface area contributed by atoms with Gasteiger partial charge in [0.2, 0.25) is 5.91 Å². The van der Waals surface area contributed by atoms with Crippen LogP contribution in [-0.4, -0.2) is 34.5 Å². The molecule has 1 fully saturated rings. The fourth-order valence-electron chi connectivity index (χ4n) is 3.19. The predicted molar refractivity (Wildman–Crippen MR) is 74.1 cm³/mol. The summed E-state index contributed by atoms with van der Waals surface area (Å²) in [6.45, 7) is 0.671. The summed E-state index contributed by atoms with van der Waals surface area (Å²) in [5.74, 6) is -1.40. The van der Waals surface area contributed by atoms with Gasteiger partial charge in [-0.15, -0.1) is 0 Å². The van der Waals surface area contributed by atoms with Crippen LogP contribution in [0.25, 0.3) is 0 Å². The number of benzene rings is 1. The lowest BCUT2D eigenvalue weighted by atomic mass is 9.89. The van der Waals surface area contributed by atoms with Gasteiger partial charge < -0.3 is 10.0 Å². The number of carbonyl (C=O) groups is 2. The number of carbonyl (C=O) groups excluding carboxylic acids is 1. The fourth-order valence-corrected chi connectivity index (χ4v) is 3.19. The molecule has 2 bridgehead atoms.